The highest BCUT2D eigenvalue weighted by Crippen LogP contribution is 2.27. The van der Waals surface area contributed by atoms with Gasteiger partial charge >= 0.3 is 5.97 Å². The van der Waals surface area contributed by atoms with Crippen LogP contribution in [0.15, 0.2) is 83.7 Å². The number of ketones is 1. The van der Waals surface area contributed by atoms with E-state index in [1.165, 1.54) is 12.1 Å². The number of anilines is 2. The predicted octanol–water partition coefficient (Wildman–Crippen LogP) is 4.20. The third-order valence-corrected chi connectivity index (χ3v) is 4.59. The second-order valence-electron chi connectivity index (χ2n) is 6.45. The Hall–Kier alpha value is -4.19. The highest BCUT2D eigenvalue weighted by atomic mass is 16.4. The van der Waals surface area contributed by atoms with E-state index in [0.29, 0.717) is 27.6 Å². The van der Waals surface area contributed by atoms with Gasteiger partial charge in [0.1, 0.15) is 5.82 Å². The second-order valence-corrected chi connectivity index (χ2v) is 6.45. The van der Waals surface area contributed by atoms with Gasteiger partial charge in [-0.3, -0.25) is 9.59 Å². The molecule has 0 fully saturated rings. The fraction of sp³-hybridized carbons (Fsp3) is 0. The van der Waals surface area contributed by atoms with Crippen molar-refractivity contribution < 1.29 is 14.7 Å². The summed E-state index contributed by atoms with van der Waals surface area (Å²) >= 11 is 0. The molecule has 0 bridgehead atoms. The van der Waals surface area contributed by atoms with E-state index in [1.54, 1.807) is 60.7 Å². The summed E-state index contributed by atoms with van der Waals surface area (Å²) in [6.45, 7) is 0. The van der Waals surface area contributed by atoms with Gasteiger partial charge in [-0.05, 0) is 30.3 Å². The molecule has 29 heavy (non-hydrogen) atoms. The van der Waals surface area contributed by atoms with Crippen LogP contribution in [0.4, 0.5) is 11.5 Å². The normalized spacial score (nSPS) is 10.6. The Labute approximate surface area is 165 Å². The average molecular weight is 384 g/mol. The molecular formula is C23H16N2O4. The highest BCUT2D eigenvalue weighted by Gasteiger charge is 2.19. The Balaban J connectivity index is 1.88. The molecule has 6 nitrogen and oxygen atoms in total. The van der Waals surface area contributed by atoms with Gasteiger partial charge < -0.3 is 15.4 Å². The lowest BCUT2D eigenvalue weighted by Crippen LogP contribution is -2.16. The maximum Gasteiger partial charge on any atom is 0.335 e. The molecule has 3 aromatic carbocycles. The van der Waals surface area contributed by atoms with Crippen molar-refractivity contribution >= 4 is 34.0 Å². The molecule has 0 spiro atoms. The number of rotatable bonds is 5. The van der Waals surface area contributed by atoms with E-state index in [-0.39, 0.29) is 22.7 Å². The summed E-state index contributed by atoms with van der Waals surface area (Å²) in [6.07, 6.45) is 0. The van der Waals surface area contributed by atoms with Crippen LogP contribution in [-0.4, -0.2) is 21.8 Å². The first-order valence-corrected chi connectivity index (χ1v) is 8.90. The summed E-state index contributed by atoms with van der Waals surface area (Å²) in [7, 11) is 0. The van der Waals surface area contributed by atoms with E-state index < -0.39 is 5.97 Å². The molecule has 4 aromatic rings. The minimum Gasteiger partial charge on any atom is -0.478 e. The lowest BCUT2D eigenvalue weighted by atomic mass is 9.98. The van der Waals surface area contributed by atoms with Gasteiger partial charge in [0, 0.05) is 22.0 Å². The molecule has 0 atom stereocenters. The fourth-order valence-electron chi connectivity index (χ4n) is 3.18. The Morgan fingerprint density at radius 2 is 1.38 bits per heavy atom. The van der Waals surface area contributed by atoms with Crippen molar-refractivity contribution in [2.75, 3.05) is 5.32 Å². The van der Waals surface area contributed by atoms with Crippen LogP contribution in [0.5, 0.6) is 0 Å². The van der Waals surface area contributed by atoms with Crippen molar-refractivity contribution in [1.29, 1.82) is 0 Å². The summed E-state index contributed by atoms with van der Waals surface area (Å²) in [4.78, 5) is 39.6. The Kier molecular flexibility index (Phi) is 4.66. The first kappa shape index (κ1) is 18.2. The van der Waals surface area contributed by atoms with E-state index in [1.807, 2.05) is 6.07 Å². The molecule has 0 amide bonds. The number of carbonyl (C=O) groups is 2. The third kappa shape index (κ3) is 3.51. The van der Waals surface area contributed by atoms with Gasteiger partial charge in [-0.25, -0.2) is 4.79 Å². The number of nitrogens with one attached hydrogen (secondary N) is 2. The number of carbonyl (C=O) groups excluding carboxylic acids is 1. The molecule has 0 unspecified atom stereocenters. The van der Waals surface area contributed by atoms with Crippen molar-refractivity contribution in [2.45, 2.75) is 0 Å². The Morgan fingerprint density at radius 3 is 2.03 bits per heavy atom. The zero-order valence-electron chi connectivity index (χ0n) is 15.2. The van der Waals surface area contributed by atoms with Gasteiger partial charge in [0.05, 0.1) is 11.1 Å². The molecule has 0 aliphatic carbocycles. The summed E-state index contributed by atoms with van der Waals surface area (Å²) in [5.74, 6) is -1.01. The van der Waals surface area contributed by atoms with Crippen molar-refractivity contribution in [3.8, 4) is 0 Å². The van der Waals surface area contributed by atoms with Gasteiger partial charge in [0.25, 0.3) is 5.56 Å². The van der Waals surface area contributed by atoms with Crippen molar-refractivity contribution in [1.82, 2.24) is 4.98 Å². The molecule has 0 aliphatic rings. The largest absolute Gasteiger partial charge is 0.478 e. The van der Waals surface area contributed by atoms with Crippen LogP contribution in [0.2, 0.25) is 0 Å². The van der Waals surface area contributed by atoms with Crippen molar-refractivity contribution in [3.05, 3.63) is 106 Å². The zero-order valence-corrected chi connectivity index (χ0v) is 15.2. The molecular weight excluding hydrogens is 368 g/mol. The number of H-pyrrole nitrogens is 1. The Bertz CT molecular complexity index is 1280. The molecule has 0 radical (unpaired) electrons. The van der Waals surface area contributed by atoms with E-state index in [0.717, 1.165) is 0 Å². The molecule has 142 valence electrons. The minimum absolute atomic E-state index is 0.142. The van der Waals surface area contributed by atoms with Gasteiger partial charge in [0.15, 0.2) is 5.78 Å². The minimum atomic E-state index is -1.03. The number of aromatic carboxylic acids is 1. The zero-order chi connectivity index (χ0) is 20.4. The number of aromatic amines is 1. The smallest absolute Gasteiger partial charge is 0.335 e. The van der Waals surface area contributed by atoms with Crippen molar-refractivity contribution in [3.63, 3.8) is 0 Å². The Morgan fingerprint density at radius 1 is 0.759 bits per heavy atom. The lowest BCUT2D eigenvalue weighted by Gasteiger charge is -2.14. The number of carboxylic acid groups (broad SMARTS) is 1. The van der Waals surface area contributed by atoms with E-state index in [2.05, 4.69) is 10.3 Å². The first-order chi connectivity index (χ1) is 14.0. The number of hydrogen-bond acceptors (Lipinski definition) is 4. The summed E-state index contributed by atoms with van der Waals surface area (Å²) < 4.78 is 0. The van der Waals surface area contributed by atoms with Gasteiger partial charge in [-0.15, -0.1) is 0 Å². The topological polar surface area (TPSA) is 99.3 Å². The van der Waals surface area contributed by atoms with Gasteiger partial charge in [0.2, 0.25) is 0 Å². The maximum absolute atomic E-state index is 13.3. The van der Waals surface area contributed by atoms with E-state index in [9.17, 15) is 14.4 Å². The molecule has 0 saturated carbocycles. The van der Waals surface area contributed by atoms with E-state index in [4.69, 9.17) is 5.11 Å². The van der Waals surface area contributed by atoms with Crippen LogP contribution >= 0.6 is 0 Å². The first-order valence-electron chi connectivity index (χ1n) is 8.90. The van der Waals surface area contributed by atoms with Crippen LogP contribution in [0, 0.1) is 0 Å². The maximum atomic E-state index is 13.3. The monoisotopic (exact) mass is 384 g/mol. The predicted molar refractivity (Wildman–Crippen MR) is 111 cm³/mol. The fourth-order valence-corrected chi connectivity index (χ4v) is 3.18. The average Bonchev–Trinajstić information content (AvgIpc) is 2.75. The molecule has 1 aromatic heterocycles. The molecule has 0 aliphatic heterocycles. The third-order valence-electron chi connectivity index (χ3n) is 4.59. The quantitative estimate of drug-likeness (QED) is 0.448. The van der Waals surface area contributed by atoms with Crippen LogP contribution in [0.1, 0.15) is 26.3 Å². The molecule has 4 rings (SSSR count). The SMILES string of the molecule is O=C(O)c1ccc(Nc2[nH]c(=O)c3ccccc3c2C(=O)c2ccccc2)cc1. The number of fused-ring (bicyclic) bond motifs is 1. The molecule has 1 heterocycles. The molecule has 6 heteroatoms. The molecule has 3 N–H and O–H groups in total. The van der Waals surface area contributed by atoms with Crippen LogP contribution in [0.3, 0.4) is 0 Å². The van der Waals surface area contributed by atoms with Gasteiger partial charge in [-0.2, -0.15) is 0 Å². The summed E-state index contributed by atoms with van der Waals surface area (Å²) in [6, 6.07) is 21.8. The summed E-state index contributed by atoms with van der Waals surface area (Å²) in [5.41, 5.74) is 1.20. The number of carboxylic acids is 1. The van der Waals surface area contributed by atoms with Crippen molar-refractivity contribution in [2.24, 2.45) is 0 Å². The van der Waals surface area contributed by atoms with Crippen LogP contribution in [0.25, 0.3) is 10.8 Å². The second kappa shape index (κ2) is 7.44. The standard InChI is InChI=1S/C23H16N2O4/c26-20(14-6-2-1-3-7-14)19-17-8-4-5-9-18(17)22(27)25-21(19)24-16-12-10-15(11-13-16)23(28)29/h1-13H,(H,28,29)(H2,24,25,27). The number of pyridine rings is 1. The van der Waals surface area contributed by atoms with Crippen LogP contribution in [-0.2, 0) is 0 Å². The highest BCUT2D eigenvalue weighted by molar-refractivity contribution is 6.19. The number of hydrogen-bond donors (Lipinski definition) is 3. The summed E-state index contributed by atoms with van der Waals surface area (Å²) in [5, 5.41) is 13.1. The van der Waals surface area contributed by atoms with Crippen LogP contribution < -0.4 is 10.9 Å². The molecule has 0 saturated heterocycles. The lowest BCUT2D eigenvalue weighted by molar-refractivity contribution is 0.0696. The number of aromatic nitrogens is 1. The van der Waals surface area contributed by atoms with Gasteiger partial charge in [-0.1, -0.05) is 48.5 Å². The number of benzene rings is 3. The van der Waals surface area contributed by atoms with E-state index >= 15 is 0 Å².